The number of furan rings is 1. The van der Waals surface area contributed by atoms with E-state index in [0.717, 1.165) is 0 Å². The Morgan fingerprint density at radius 3 is 2.59 bits per heavy atom. The number of aromatic nitrogens is 5. The maximum Gasteiger partial charge on any atom is 0.293 e. The molecule has 0 aliphatic rings. The van der Waals surface area contributed by atoms with Gasteiger partial charge < -0.3 is 4.42 Å². The van der Waals surface area contributed by atoms with E-state index in [9.17, 15) is 26.7 Å². The van der Waals surface area contributed by atoms with Crippen molar-refractivity contribution < 1.29 is 31.2 Å². The number of carbonyl (C=O) groups excluding carboxylic acids is 1. The van der Waals surface area contributed by atoms with E-state index < -0.39 is 42.5 Å². The lowest BCUT2D eigenvalue weighted by Crippen LogP contribution is -2.13. The fourth-order valence-corrected chi connectivity index (χ4v) is 3.25. The molecule has 34 heavy (non-hydrogen) atoms. The van der Waals surface area contributed by atoms with Crippen molar-refractivity contribution in [3.63, 3.8) is 0 Å². The van der Waals surface area contributed by atoms with Gasteiger partial charge in [-0.25, -0.2) is 31.6 Å². The van der Waals surface area contributed by atoms with Gasteiger partial charge in [-0.1, -0.05) is 17.7 Å². The molecule has 8 nitrogen and oxygen atoms in total. The van der Waals surface area contributed by atoms with Crippen molar-refractivity contribution in [2.24, 2.45) is 0 Å². The zero-order valence-electron chi connectivity index (χ0n) is 16.9. The summed E-state index contributed by atoms with van der Waals surface area (Å²) in [5.41, 5.74) is -1.31. The van der Waals surface area contributed by atoms with Gasteiger partial charge in [-0.3, -0.25) is 14.8 Å². The molecule has 0 saturated heterocycles. The van der Waals surface area contributed by atoms with Crippen LogP contribution in [0.2, 0.25) is 5.02 Å². The number of halogens is 6. The highest BCUT2D eigenvalue weighted by atomic mass is 35.5. The van der Waals surface area contributed by atoms with Crippen LogP contribution in [-0.4, -0.2) is 30.5 Å². The molecule has 0 spiro atoms. The van der Waals surface area contributed by atoms with Crippen LogP contribution in [0.4, 0.5) is 27.9 Å². The number of rotatable bonds is 8. The molecule has 178 valence electrons. The molecular formula is C20H14ClF5N6O2. The topological polar surface area (TPSA) is 90.8 Å². The van der Waals surface area contributed by atoms with Crippen molar-refractivity contribution >= 4 is 23.5 Å². The Labute approximate surface area is 192 Å². The summed E-state index contributed by atoms with van der Waals surface area (Å²) in [7, 11) is 0. The minimum absolute atomic E-state index is 0.0312. The molecule has 1 aromatic carbocycles. The van der Waals surface area contributed by atoms with Gasteiger partial charge in [0.15, 0.2) is 5.76 Å². The van der Waals surface area contributed by atoms with Gasteiger partial charge in [0, 0.05) is 10.6 Å². The van der Waals surface area contributed by atoms with E-state index in [2.05, 4.69) is 20.5 Å². The van der Waals surface area contributed by atoms with Crippen molar-refractivity contribution in [3.8, 4) is 0 Å². The Morgan fingerprint density at radius 2 is 1.88 bits per heavy atom. The number of carbonyl (C=O) groups is 1. The highest BCUT2D eigenvalue weighted by molar-refractivity contribution is 6.31. The third-order valence-electron chi connectivity index (χ3n) is 4.61. The minimum Gasteiger partial charge on any atom is -0.454 e. The fourth-order valence-electron chi connectivity index (χ4n) is 3.03. The van der Waals surface area contributed by atoms with Crippen LogP contribution in [0, 0.1) is 5.82 Å². The molecule has 1 N–H and O–H groups in total. The number of hydrogen-bond donors (Lipinski definition) is 1. The van der Waals surface area contributed by atoms with E-state index in [4.69, 9.17) is 16.0 Å². The molecule has 0 bridgehead atoms. The third kappa shape index (κ3) is 5.09. The van der Waals surface area contributed by atoms with E-state index in [1.807, 2.05) is 0 Å². The minimum atomic E-state index is -3.03. The average Bonchev–Trinajstić information content (AvgIpc) is 3.51. The third-order valence-corrected chi connectivity index (χ3v) is 4.97. The first-order chi connectivity index (χ1) is 16.2. The molecule has 1 amide bonds. The maximum absolute atomic E-state index is 13.9. The zero-order chi connectivity index (χ0) is 24.4. The van der Waals surface area contributed by atoms with E-state index >= 15 is 0 Å². The van der Waals surface area contributed by atoms with Gasteiger partial charge in [0.05, 0.1) is 13.1 Å². The van der Waals surface area contributed by atoms with Crippen LogP contribution in [0.15, 0.2) is 47.1 Å². The van der Waals surface area contributed by atoms with Crippen molar-refractivity contribution in [2.45, 2.75) is 25.9 Å². The molecule has 0 saturated carbocycles. The largest absolute Gasteiger partial charge is 0.454 e. The van der Waals surface area contributed by atoms with Crippen LogP contribution >= 0.6 is 11.6 Å². The molecule has 14 heteroatoms. The summed E-state index contributed by atoms with van der Waals surface area (Å²) in [4.78, 5) is 16.3. The highest BCUT2D eigenvalue weighted by Crippen LogP contribution is 2.26. The van der Waals surface area contributed by atoms with Gasteiger partial charge in [0.25, 0.3) is 18.8 Å². The Hall–Kier alpha value is -3.74. The lowest BCUT2D eigenvalue weighted by molar-refractivity contribution is 0.0993. The summed E-state index contributed by atoms with van der Waals surface area (Å²) in [5, 5.41) is 10.1. The number of benzene rings is 1. The van der Waals surface area contributed by atoms with E-state index in [1.54, 1.807) is 0 Å². The summed E-state index contributed by atoms with van der Waals surface area (Å²) in [5.74, 6) is -1.56. The molecule has 4 aromatic rings. The van der Waals surface area contributed by atoms with Gasteiger partial charge in [0.2, 0.25) is 5.95 Å². The lowest BCUT2D eigenvalue weighted by Gasteiger charge is -2.05. The molecular weight excluding hydrogens is 487 g/mol. The van der Waals surface area contributed by atoms with Gasteiger partial charge in [0.1, 0.15) is 29.3 Å². The first-order valence-electron chi connectivity index (χ1n) is 9.57. The van der Waals surface area contributed by atoms with Gasteiger partial charge in [-0.2, -0.15) is 5.10 Å². The number of nitrogens with one attached hydrogen (secondary N) is 1. The summed E-state index contributed by atoms with van der Waals surface area (Å²) >= 11 is 5.99. The van der Waals surface area contributed by atoms with Crippen LogP contribution in [-0.2, 0) is 13.1 Å². The van der Waals surface area contributed by atoms with Crippen molar-refractivity contribution in [1.82, 2.24) is 24.5 Å². The SMILES string of the molecule is O=C(Nc1ncn(Cc2c(F)cccc2Cl)n1)c1ccc(Cn2nc(C(F)F)cc2C(F)F)o1. The Bertz CT molecular complexity index is 1300. The quantitative estimate of drug-likeness (QED) is 0.341. The average molecular weight is 501 g/mol. The van der Waals surface area contributed by atoms with Crippen molar-refractivity contribution in [1.29, 1.82) is 0 Å². The second-order valence-corrected chi connectivity index (χ2v) is 7.35. The van der Waals surface area contributed by atoms with Crippen LogP contribution in [0.3, 0.4) is 0 Å². The molecule has 3 aromatic heterocycles. The van der Waals surface area contributed by atoms with E-state index in [0.29, 0.717) is 10.7 Å². The molecule has 0 aliphatic heterocycles. The van der Waals surface area contributed by atoms with Crippen LogP contribution in [0.1, 0.15) is 46.1 Å². The predicted molar refractivity (Wildman–Crippen MR) is 108 cm³/mol. The first kappa shape index (κ1) is 23.4. The Kier molecular flexibility index (Phi) is 6.63. The monoisotopic (exact) mass is 500 g/mol. The summed E-state index contributed by atoms with van der Waals surface area (Å²) in [6.45, 7) is -0.424. The van der Waals surface area contributed by atoms with Crippen molar-refractivity contribution in [3.05, 3.63) is 82.0 Å². The summed E-state index contributed by atoms with van der Waals surface area (Å²) in [6, 6.07) is 7.43. The van der Waals surface area contributed by atoms with Crippen LogP contribution in [0.25, 0.3) is 0 Å². The van der Waals surface area contributed by atoms with Gasteiger partial charge >= 0.3 is 0 Å². The highest BCUT2D eigenvalue weighted by Gasteiger charge is 2.22. The lowest BCUT2D eigenvalue weighted by atomic mass is 10.2. The summed E-state index contributed by atoms with van der Waals surface area (Å²) in [6.07, 6.45) is -4.78. The van der Waals surface area contributed by atoms with E-state index in [-0.39, 0.29) is 34.6 Å². The number of amides is 1. The van der Waals surface area contributed by atoms with Crippen molar-refractivity contribution in [2.75, 3.05) is 5.32 Å². The standard InChI is InChI=1S/C20H14ClF5N6O2/c21-12-2-1-3-13(22)11(12)8-31-9-27-20(30-31)28-19(33)16-5-4-10(34-16)7-32-15(18(25)26)6-14(29-32)17(23)24/h1-6,9,17-18H,7-8H2,(H,28,30,33). The number of nitrogens with zero attached hydrogens (tertiary/aromatic N) is 5. The van der Waals surface area contributed by atoms with Gasteiger partial charge in [-0.15, -0.1) is 5.10 Å². The van der Waals surface area contributed by atoms with Gasteiger partial charge in [-0.05, 0) is 30.3 Å². The zero-order valence-corrected chi connectivity index (χ0v) is 17.7. The molecule has 0 atom stereocenters. The van der Waals surface area contributed by atoms with E-state index in [1.165, 1.54) is 41.3 Å². The fraction of sp³-hybridized carbons (Fsp3) is 0.200. The number of alkyl halides is 4. The summed E-state index contributed by atoms with van der Waals surface area (Å²) < 4.78 is 73.1. The van der Waals surface area contributed by atoms with Crippen LogP contribution in [0.5, 0.6) is 0 Å². The molecule has 0 fully saturated rings. The Morgan fingerprint density at radius 1 is 1.09 bits per heavy atom. The smallest absolute Gasteiger partial charge is 0.293 e. The predicted octanol–water partition coefficient (Wildman–Crippen LogP) is 5.08. The second-order valence-electron chi connectivity index (χ2n) is 6.94. The Balaban J connectivity index is 1.43. The molecule has 4 rings (SSSR count). The first-order valence-corrected chi connectivity index (χ1v) is 9.95. The number of anilines is 1. The number of hydrogen-bond acceptors (Lipinski definition) is 5. The van der Waals surface area contributed by atoms with Crippen LogP contribution < -0.4 is 5.32 Å². The normalized spacial score (nSPS) is 11.5. The second kappa shape index (κ2) is 9.63. The molecule has 3 heterocycles. The molecule has 0 aliphatic carbocycles. The maximum atomic E-state index is 13.9. The molecule has 0 unspecified atom stereocenters. The molecule has 0 radical (unpaired) electrons.